The first kappa shape index (κ1) is 70.1. The van der Waals surface area contributed by atoms with Crippen molar-refractivity contribution in [2.75, 3.05) is 26.4 Å². The first-order valence-electron chi connectivity index (χ1n) is 28.8. The van der Waals surface area contributed by atoms with Crippen LogP contribution in [0.2, 0.25) is 0 Å². The Labute approximate surface area is 450 Å². The summed E-state index contributed by atoms with van der Waals surface area (Å²) in [4.78, 5) is 48.5. The van der Waals surface area contributed by atoms with Crippen molar-refractivity contribution in [1.82, 2.24) is 0 Å². The molecule has 0 aromatic heterocycles. The lowest BCUT2D eigenvalue weighted by molar-refractivity contribution is -0.161. The molecule has 74 heavy (non-hydrogen) atoms. The van der Waals surface area contributed by atoms with Crippen LogP contribution in [0.25, 0.3) is 0 Å². The Morgan fingerprint density at radius 1 is 0.392 bits per heavy atom. The standard InChI is InChI=1S/C62H103O11P/c1-4-7-10-13-16-19-22-25-27-28-29-30-32-35-38-41-44-47-50-53-62(66)73-59(55-69-60(64)51-48-45-42-39-36-33-24-21-18-15-12-9-6-3)57-71-74(67,68)70-56-58(54-63)72-61(65)52-49-46-43-40-37-34-31-26-23-20-17-14-11-8-5-2/h7,9-10,12,16,18-19,21,25,27,29-30,33,35-36,38,42,45,58-59,63H,4-6,8,11,13-15,17,20,22-24,26,28,31-32,34,37,39-41,43-44,46-57H2,1-3H3,(H,67,68)/b10-7-,12-9-,19-16-,21-18-,27-25-,30-29-,36-33-,38-35-,45-42-. The Hall–Kier alpha value is -3.86. The number of hydrogen-bond acceptors (Lipinski definition) is 10. The molecular formula is C62H103O11P. The maximum absolute atomic E-state index is 12.9. The van der Waals surface area contributed by atoms with Crippen LogP contribution in [0, 0.1) is 0 Å². The molecular weight excluding hydrogens is 952 g/mol. The lowest BCUT2D eigenvalue weighted by Crippen LogP contribution is -2.30. The molecule has 0 bridgehead atoms. The number of allylic oxidation sites excluding steroid dienone is 18. The summed E-state index contributed by atoms with van der Waals surface area (Å²) in [5, 5.41) is 9.81. The molecule has 0 rings (SSSR count). The van der Waals surface area contributed by atoms with Gasteiger partial charge in [0.2, 0.25) is 0 Å². The molecule has 0 aromatic carbocycles. The van der Waals surface area contributed by atoms with Crippen LogP contribution in [0.1, 0.15) is 226 Å². The summed E-state index contributed by atoms with van der Waals surface area (Å²) in [5.74, 6) is -1.61. The van der Waals surface area contributed by atoms with Gasteiger partial charge in [-0.1, -0.05) is 226 Å². The van der Waals surface area contributed by atoms with E-state index in [4.69, 9.17) is 23.3 Å². The summed E-state index contributed by atoms with van der Waals surface area (Å²) in [7, 11) is -4.78. The van der Waals surface area contributed by atoms with E-state index in [0.29, 0.717) is 19.3 Å². The van der Waals surface area contributed by atoms with Crippen LogP contribution >= 0.6 is 7.82 Å². The van der Waals surface area contributed by atoms with Crippen LogP contribution in [0.15, 0.2) is 109 Å². The van der Waals surface area contributed by atoms with Gasteiger partial charge in [-0.05, 0) is 89.9 Å². The van der Waals surface area contributed by atoms with Gasteiger partial charge in [0.25, 0.3) is 0 Å². The van der Waals surface area contributed by atoms with E-state index in [-0.39, 0.29) is 25.9 Å². The zero-order valence-electron chi connectivity index (χ0n) is 46.5. The lowest BCUT2D eigenvalue weighted by atomic mass is 10.0. The van der Waals surface area contributed by atoms with Crippen molar-refractivity contribution in [2.45, 2.75) is 238 Å². The molecule has 0 saturated carbocycles. The summed E-state index contributed by atoms with van der Waals surface area (Å²) in [5.41, 5.74) is 0. The Morgan fingerprint density at radius 3 is 1.14 bits per heavy atom. The number of phosphoric acid groups is 1. The lowest BCUT2D eigenvalue weighted by Gasteiger charge is -2.21. The predicted octanol–water partition coefficient (Wildman–Crippen LogP) is 17.0. The zero-order valence-corrected chi connectivity index (χ0v) is 47.4. The highest BCUT2D eigenvalue weighted by Crippen LogP contribution is 2.43. The number of phosphoric ester groups is 1. The second kappa shape index (κ2) is 55.4. The van der Waals surface area contributed by atoms with Crippen molar-refractivity contribution < 1.29 is 52.2 Å². The Morgan fingerprint density at radius 2 is 0.730 bits per heavy atom. The van der Waals surface area contributed by atoms with E-state index >= 15 is 0 Å². The van der Waals surface area contributed by atoms with Gasteiger partial charge in [-0.3, -0.25) is 23.4 Å². The number of unbranched alkanes of at least 4 members (excludes halogenated alkanes) is 17. The smallest absolute Gasteiger partial charge is 0.462 e. The van der Waals surface area contributed by atoms with Crippen LogP contribution in [0.3, 0.4) is 0 Å². The summed E-state index contributed by atoms with van der Waals surface area (Å²) in [6.07, 6.45) is 66.4. The van der Waals surface area contributed by atoms with Gasteiger partial charge in [0, 0.05) is 19.3 Å². The highest BCUT2D eigenvalue weighted by molar-refractivity contribution is 7.47. The maximum Gasteiger partial charge on any atom is 0.472 e. The molecule has 12 heteroatoms. The monoisotopic (exact) mass is 1050 g/mol. The van der Waals surface area contributed by atoms with Gasteiger partial charge in [0.05, 0.1) is 19.8 Å². The summed E-state index contributed by atoms with van der Waals surface area (Å²) < 4.78 is 39.4. The molecule has 0 saturated heterocycles. The summed E-state index contributed by atoms with van der Waals surface area (Å²) in [6.45, 7) is 4.29. The third kappa shape index (κ3) is 53.0. The molecule has 0 aliphatic rings. The number of esters is 3. The van der Waals surface area contributed by atoms with E-state index in [9.17, 15) is 28.9 Å². The second-order valence-corrected chi connectivity index (χ2v) is 20.1. The third-order valence-corrected chi connectivity index (χ3v) is 12.7. The minimum absolute atomic E-state index is 0.0932. The van der Waals surface area contributed by atoms with Crippen molar-refractivity contribution >= 4 is 25.7 Å². The van der Waals surface area contributed by atoms with E-state index in [1.54, 1.807) is 0 Å². The number of hydrogen-bond donors (Lipinski definition) is 2. The van der Waals surface area contributed by atoms with Gasteiger partial charge in [-0.2, -0.15) is 0 Å². The molecule has 422 valence electrons. The van der Waals surface area contributed by atoms with E-state index < -0.39 is 57.8 Å². The molecule has 0 aliphatic carbocycles. The van der Waals surface area contributed by atoms with Gasteiger partial charge in [0.15, 0.2) is 6.10 Å². The third-order valence-electron chi connectivity index (χ3n) is 11.7. The zero-order chi connectivity index (χ0) is 54.1. The molecule has 0 amide bonds. The number of carbonyl (C=O) groups excluding carboxylic acids is 3. The average Bonchev–Trinajstić information content (AvgIpc) is 3.39. The van der Waals surface area contributed by atoms with Gasteiger partial charge in [-0.15, -0.1) is 0 Å². The fraction of sp³-hybridized carbons (Fsp3) is 0.661. The van der Waals surface area contributed by atoms with Crippen LogP contribution in [0.5, 0.6) is 0 Å². The normalized spacial score (nSPS) is 14.2. The van der Waals surface area contributed by atoms with Gasteiger partial charge in [0.1, 0.15) is 12.7 Å². The number of ether oxygens (including phenoxy) is 3. The van der Waals surface area contributed by atoms with Gasteiger partial charge in [-0.25, -0.2) is 4.57 Å². The quantitative estimate of drug-likeness (QED) is 0.0197. The molecule has 0 heterocycles. The van der Waals surface area contributed by atoms with Crippen molar-refractivity contribution in [3.63, 3.8) is 0 Å². The topological polar surface area (TPSA) is 155 Å². The maximum atomic E-state index is 12.9. The SMILES string of the molecule is CC/C=C\C/C=C\C/C=C\C/C=C\C/C=C\CCCCCC(=O)OC(COC(=O)CC/C=C\C/C=C\C/C=C\C/C=C\CC)COP(=O)(O)OCC(CO)OC(=O)CCCCCCCCCCCCCCCCC. The number of rotatable bonds is 52. The molecule has 2 N–H and O–H groups in total. The second-order valence-electron chi connectivity index (χ2n) is 18.7. The summed E-state index contributed by atoms with van der Waals surface area (Å²) >= 11 is 0. The van der Waals surface area contributed by atoms with Crippen molar-refractivity contribution in [3.05, 3.63) is 109 Å². The predicted molar refractivity (Wildman–Crippen MR) is 307 cm³/mol. The Bertz CT molecular complexity index is 1660. The molecule has 0 aliphatic heterocycles. The first-order valence-corrected chi connectivity index (χ1v) is 30.3. The minimum Gasteiger partial charge on any atom is -0.462 e. The number of aliphatic hydroxyl groups excluding tert-OH is 1. The average molecular weight is 1060 g/mol. The molecule has 0 spiro atoms. The van der Waals surface area contributed by atoms with Gasteiger partial charge < -0.3 is 24.2 Å². The Kier molecular flexibility index (Phi) is 52.5. The molecule has 11 nitrogen and oxygen atoms in total. The molecule has 3 atom stereocenters. The molecule has 0 radical (unpaired) electrons. The highest BCUT2D eigenvalue weighted by Gasteiger charge is 2.28. The minimum atomic E-state index is -4.78. The van der Waals surface area contributed by atoms with E-state index in [1.165, 1.54) is 70.6 Å². The molecule has 0 aromatic rings. The van der Waals surface area contributed by atoms with E-state index in [0.717, 1.165) is 96.3 Å². The molecule has 3 unspecified atom stereocenters. The van der Waals surface area contributed by atoms with Crippen molar-refractivity contribution in [3.8, 4) is 0 Å². The van der Waals surface area contributed by atoms with Crippen LogP contribution in [-0.2, 0) is 42.2 Å². The Balaban J connectivity index is 4.83. The first-order chi connectivity index (χ1) is 36.2. The van der Waals surface area contributed by atoms with E-state index in [2.05, 4.69) is 118 Å². The van der Waals surface area contributed by atoms with Crippen LogP contribution < -0.4 is 0 Å². The van der Waals surface area contributed by atoms with E-state index in [1.807, 2.05) is 12.2 Å². The van der Waals surface area contributed by atoms with Gasteiger partial charge >= 0.3 is 25.7 Å². The van der Waals surface area contributed by atoms with Crippen LogP contribution in [-0.4, -0.2) is 66.5 Å². The number of aliphatic hydroxyl groups is 1. The van der Waals surface area contributed by atoms with Crippen molar-refractivity contribution in [1.29, 1.82) is 0 Å². The highest BCUT2D eigenvalue weighted by atomic mass is 31.2. The van der Waals surface area contributed by atoms with Crippen molar-refractivity contribution in [2.24, 2.45) is 0 Å². The van der Waals surface area contributed by atoms with Crippen LogP contribution in [0.4, 0.5) is 0 Å². The largest absolute Gasteiger partial charge is 0.472 e. The number of carbonyl (C=O) groups is 3. The summed E-state index contributed by atoms with van der Waals surface area (Å²) in [6, 6.07) is 0. The molecule has 0 fully saturated rings. The fourth-order valence-electron chi connectivity index (χ4n) is 7.40. The fourth-order valence-corrected chi connectivity index (χ4v) is 8.18.